The Morgan fingerprint density at radius 1 is 0.967 bits per heavy atom. The van der Waals surface area contributed by atoms with Crippen LogP contribution in [0.15, 0.2) is 54.6 Å². The molecule has 4 N–H and O–H groups in total. The molecule has 2 aliphatic heterocycles. The molecule has 0 spiro atoms. The van der Waals surface area contributed by atoms with E-state index in [0.29, 0.717) is 6.04 Å². The van der Waals surface area contributed by atoms with Gasteiger partial charge >= 0.3 is 6.03 Å². The molecule has 6 heteroatoms. The van der Waals surface area contributed by atoms with E-state index in [2.05, 4.69) is 40.1 Å². The van der Waals surface area contributed by atoms with Crippen LogP contribution < -0.4 is 16.0 Å². The maximum atomic E-state index is 13.5. The number of carbonyl (C=O) groups excluding carboxylic acids is 1. The molecule has 0 aromatic heterocycles. The van der Waals surface area contributed by atoms with Gasteiger partial charge in [0, 0.05) is 44.5 Å². The molecule has 6 nitrogen and oxygen atoms in total. The standard InChI is InChI=1S/C24H31N5O/c25-23(26)20-9-6-10-22(17-20)29-14-5-4-13-28(24(29)30)21-11-15-27(16-12-21)18-19-7-2-1-3-8-19/h1-3,6-10,17,21H,4-5,11-16,18H2,(H3,25,26)/p+1. The summed E-state index contributed by atoms with van der Waals surface area (Å²) in [4.78, 5) is 20.0. The maximum absolute atomic E-state index is 13.5. The first-order valence-electron chi connectivity index (χ1n) is 10.9. The molecule has 158 valence electrons. The van der Waals surface area contributed by atoms with Crippen molar-refractivity contribution in [2.75, 3.05) is 31.1 Å². The van der Waals surface area contributed by atoms with Gasteiger partial charge in [-0.1, -0.05) is 36.4 Å². The van der Waals surface area contributed by atoms with E-state index in [-0.39, 0.29) is 11.9 Å². The van der Waals surface area contributed by atoms with Gasteiger partial charge in [-0.15, -0.1) is 0 Å². The highest BCUT2D eigenvalue weighted by Crippen LogP contribution is 2.26. The van der Waals surface area contributed by atoms with Gasteiger partial charge in [-0.05, 0) is 49.4 Å². The number of piperidine rings is 1. The fourth-order valence-corrected chi connectivity index (χ4v) is 4.56. The first-order valence-corrected chi connectivity index (χ1v) is 10.9. The zero-order valence-corrected chi connectivity index (χ0v) is 17.5. The smallest absolute Gasteiger partial charge is 0.321 e. The molecule has 2 amide bonds. The van der Waals surface area contributed by atoms with Crippen LogP contribution in [0.3, 0.4) is 0 Å². The Hall–Kier alpha value is -2.86. The summed E-state index contributed by atoms with van der Waals surface area (Å²) in [5.74, 6) is 0.279. The van der Waals surface area contributed by atoms with Crippen molar-refractivity contribution in [1.29, 1.82) is 0 Å². The van der Waals surface area contributed by atoms with Crippen molar-refractivity contribution in [3.05, 3.63) is 65.7 Å². The average Bonchev–Trinajstić information content (AvgIpc) is 2.97. The number of rotatable bonds is 5. The number of urea groups is 1. The molecule has 2 aromatic rings. The van der Waals surface area contributed by atoms with E-state index >= 15 is 0 Å². The van der Waals surface area contributed by atoms with Crippen LogP contribution in [0.4, 0.5) is 10.5 Å². The number of carbonyl (C=O) groups is 1. The van der Waals surface area contributed by atoms with Gasteiger partial charge in [0.25, 0.3) is 5.84 Å². The lowest BCUT2D eigenvalue weighted by molar-refractivity contribution is -0.114. The summed E-state index contributed by atoms with van der Waals surface area (Å²) in [5, 5.41) is 5.77. The second kappa shape index (κ2) is 9.30. The van der Waals surface area contributed by atoms with Crippen molar-refractivity contribution < 1.29 is 10.2 Å². The number of hydrogen-bond acceptors (Lipinski definition) is 2. The molecule has 2 heterocycles. The first kappa shape index (κ1) is 20.4. The third-order valence-electron chi connectivity index (χ3n) is 6.25. The predicted molar refractivity (Wildman–Crippen MR) is 120 cm³/mol. The van der Waals surface area contributed by atoms with Crippen LogP contribution in [0.2, 0.25) is 0 Å². The summed E-state index contributed by atoms with van der Waals surface area (Å²) in [5.41, 5.74) is 8.76. The van der Waals surface area contributed by atoms with Crippen LogP contribution in [0.25, 0.3) is 0 Å². The Labute approximate surface area is 178 Å². The average molecular weight is 407 g/mol. The summed E-state index contributed by atoms with van der Waals surface area (Å²) in [7, 11) is 0. The van der Waals surface area contributed by atoms with Crippen LogP contribution in [-0.2, 0) is 6.54 Å². The summed E-state index contributed by atoms with van der Waals surface area (Å²) >= 11 is 0. The Morgan fingerprint density at radius 2 is 1.70 bits per heavy atom. The zero-order valence-electron chi connectivity index (χ0n) is 17.5. The van der Waals surface area contributed by atoms with Gasteiger partial charge in [-0.25, -0.2) is 4.79 Å². The fraction of sp³-hybridized carbons (Fsp3) is 0.417. The van der Waals surface area contributed by atoms with E-state index < -0.39 is 0 Å². The molecule has 0 bridgehead atoms. The molecule has 0 unspecified atom stereocenters. The quantitative estimate of drug-likeness (QED) is 0.587. The molecule has 0 aliphatic carbocycles. The van der Waals surface area contributed by atoms with Crippen molar-refractivity contribution in [2.45, 2.75) is 38.3 Å². The number of benzene rings is 2. The predicted octanol–water partition coefficient (Wildman–Crippen LogP) is 1.84. The summed E-state index contributed by atoms with van der Waals surface area (Å²) in [6, 6.07) is 18.7. The lowest BCUT2D eigenvalue weighted by atomic mass is 10.0. The Bertz CT molecular complexity index is 876. The molecule has 4 rings (SSSR count). The van der Waals surface area contributed by atoms with Gasteiger partial charge in [0.2, 0.25) is 0 Å². The second-order valence-electron chi connectivity index (χ2n) is 8.33. The highest BCUT2D eigenvalue weighted by Gasteiger charge is 2.32. The first-order chi connectivity index (χ1) is 14.6. The lowest BCUT2D eigenvalue weighted by Gasteiger charge is -2.39. The number of amides is 2. The number of hydrogen-bond donors (Lipinski definition) is 2. The number of nitrogens with zero attached hydrogens (tertiary/aromatic N) is 3. The molecule has 2 aliphatic rings. The molecule has 2 saturated heterocycles. The molecule has 2 fully saturated rings. The molecule has 30 heavy (non-hydrogen) atoms. The van der Waals surface area contributed by atoms with E-state index in [1.165, 1.54) is 5.56 Å². The van der Waals surface area contributed by atoms with Crippen LogP contribution in [0.1, 0.15) is 36.8 Å². The van der Waals surface area contributed by atoms with E-state index in [9.17, 15) is 4.79 Å². The van der Waals surface area contributed by atoms with Crippen molar-refractivity contribution >= 4 is 17.6 Å². The minimum absolute atomic E-state index is 0.113. The van der Waals surface area contributed by atoms with Crippen LogP contribution >= 0.6 is 0 Å². The Morgan fingerprint density at radius 3 is 2.43 bits per heavy atom. The van der Waals surface area contributed by atoms with Crippen molar-refractivity contribution in [2.24, 2.45) is 5.73 Å². The minimum Gasteiger partial charge on any atom is -0.321 e. The highest BCUT2D eigenvalue weighted by molar-refractivity contribution is 5.97. The Balaban J connectivity index is 1.42. The van der Waals surface area contributed by atoms with E-state index in [4.69, 9.17) is 11.1 Å². The van der Waals surface area contributed by atoms with Crippen molar-refractivity contribution in [3.63, 3.8) is 0 Å². The van der Waals surface area contributed by atoms with E-state index in [1.807, 2.05) is 29.2 Å². The molecule has 0 atom stereocenters. The number of amidine groups is 1. The van der Waals surface area contributed by atoms with Gasteiger partial charge in [0.05, 0.1) is 5.56 Å². The number of likely N-dealkylation sites (tertiary alicyclic amines) is 1. The molecule has 2 aromatic carbocycles. The van der Waals surface area contributed by atoms with E-state index in [1.54, 1.807) is 0 Å². The van der Waals surface area contributed by atoms with Crippen LogP contribution in [-0.4, -0.2) is 53.9 Å². The minimum atomic E-state index is 0.113. The monoisotopic (exact) mass is 406 g/mol. The maximum Gasteiger partial charge on any atom is 0.324 e. The number of nitrogens with two attached hydrogens (primary N) is 2. The molecular weight excluding hydrogens is 374 g/mol. The van der Waals surface area contributed by atoms with Gasteiger partial charge in [0.1, 0.15) is 0 Å². The summed E-state index contributed by atoms with van der Waals surface area (Å²) in [6.45, 7) is 4.60. The Kier molecular flexibility index (Phi) is 6.33. The summed E-state index contributed by atoms with van der Waals surface area (Å²) < 4.78 is 0. The normalized spacial score (nSPS) is 19.0. The van der Waals surface area contributed by atoms with Gasteiger partial charge in [-0.3, -0.25) is 20.9 Å². The van der Waals surface area contributed by atoms with Crippen molar-refractivity contribution in [3.8, 4) is 0 Å². The largest absolute Gasteiger partial charge is 0.324 e. The van der Waals surface area contributed by atoms with Crippen LogP contribution in [0.5, 0.6) is 0 Å². The SMILES string of the molecule is NC(=[NH2+])c1cccc(N2CCCCN(C3CCN(Cc4ccccc4)CC3)C2=O)c1. The van der Waals surface area contributed by atoms with Gasteiger partial charge in [0.15, 0.2) is 0 Å². The van der Waals surface area contributed by atoms with Crippen molar-refractivity contribution in [1.82, 2.24) is 9.80 Å². The summed E-state index contributed by atoms with van der Waals surface area (Å²) in [6.07, 6.45) is 4.09. The van der Waals surface area contributed by atoms with E-state index in [0.717, 1.165) is 69.7 Å². The zero-order chi connectivity index (χ0) is 20.9. The third kappa shape index (κ3) is 4.65. The van der Waals surface area contributed by atoms with Gasteiger partial charge < -0.3 is 4.90 Å². The molecule has 0 saturated carbocycles. The lowest BCUT2D eigenvalue weighted by Crippen LogP contribution is -2.51. The second-order valence-corrected chi connectivity index (χ2v) is 8.33. The highest BCUT2D eigenvalue weighted by atomic mass is 16.2. The molecule has 0 radical (unpaired) electrons. The number of anilines is 1. The molecular formula is C24H32N5O+. The van der Waals surface area contributed by atoms with Gasteiger partial charge in [-0.2, -0.15) is 0 Å². The third-order valence-corrected chi connectivity index (χ3v) is 6.25. The van der Waals surface area contributed by atoms with Crippen LogP contribution in [0, 0.1) is 0 Å². The topological polar surface area (TPSA) is 78.4 Å². The fourth-order valence-electron chi connectivity index (χ4n) is 4.56.